The van der Waals surface area contributed by atoms with Gasteiger partial charge in [-0.15, -0.1) is 0 Å². The molecule has 0 saturated heterocycles. The fraction of sp³-hybridized carbons (Fsp3) is 0.176. The molecule has 0 amide bonds. The van der Waals surface area contributed by atoms with Gasteiger partial charge in [0, 0.05) is 14.1 Å². The van der Waals surface area contributed by atoms with Crippen molar-refractivity contribution in [2.45, 2.75) is 11.1 Å². The average molecular weight is 429 g/mol. The molecule has 1 N–H and O–H groups in total. The molecule has 0 atom stereocenters. The van der Waals surface area contributed by atoms with Crippen molar-refractivity contribution in [1.29, 1.82) is 0 Å². The predicted molar refractivity (Wildman–Crippen MR) is 101 cm³/mol. The molecule has 0 aliphatic heterocycles. The average Bonchev–Trinajstić information content (AvgIpc) is 2.60. The number of nitrogens with one attached hydrogen (secondary N) is 1. The van der Waals surface area contributed by atoms with Gasteiger partial charge in [0.05, 0.1) is 22.2 Å². The lowest BCUT2D eigenvalue weighted by molar-refractivity contribution is -0.137. The second kappa shape index (κ2) is 6.83. The number of rotatable bonds is 3. The van der Waals surface area contributed by atoms with Crippen molar-refractivity contribution in [3.63, 3.8) is 0 Å². The van der Waals surface area contributed by atoms with Gasteiger partial charge in [-0.25, -0.2) is 12.7 Å². The first-order chi connectivity index (χ1) is 12.9. The van der Waals surface area contributed by atoms with Gasteiger partial charge in [-0.2, -0.15) is 13.2 Å². The van der Waals surface area contributed by atoms with Gasteiger partial charge >= 0.3 is 6.18 Å². The lowest BCUT2D eigenvalue weighted by Gasteiger charge is -2.17. The van der Waals surface area contributed by atoms with E-state index in [-0.39, 0.29) is 26.3 Å². The first kappa shape index (κ1) is 20.2. The Morgan fingerprint density at radius 3 is 2.36 bits per heavy atom. The van der Waals surface area contributed by atoms with Gasteiger partial charge in [-0.3, -0.25) is 9.36 Å². The maximum atomic E-state index is 12.9. The molecule has 148 valence electrons. The first-order valence-electron chi connectivity index (χ1n) is 7.83. The molecule has 0 saturated carbocycles. The normalized spacial score (nSPS) is 12.6. The summed E-state index contributed by atoms with van der Waals surface area (Å²) in [5.74, 6) is 0. The number of hydrogen-bond acceptors (Lipinski definition) is 4. The fourth-order valence-electron chi connectivity index (χ4n) is 2.67. The van der Waals surface area contributed by atoms with Gasteiger partial charge in [-0.1, -0.05) is 12.1 Å². The topological polar surface area (TPSA) is 75.2 Å². The third kappa shape index (κ3) is 3.36. The predicted octanol–water partition coefficient (Wildman–Crippen LogP) is 3.32. The maximum absolute atomic E-state index is 12.9. The van der Waals surface area contributed by atoms with Gasteiger partial charge in [-0.05, 0) is 42.5 Å². The minimum absolute atomic E-state index is 0.00393. The summed E-state index contributed by atoms with van der Waals surface area (Å²) in [6.45, 7) is 0. The van der Waals surface area contributed by atoms with Crippen LogP contribution in [0.25, 0.3) is 16.6 Å². The molecule has 0 fully saturated rings. The molecule has 1 aromatic heterocycles. The number of halogens is 3. The van der Waals surface area contributed by atoms with Crippen LogP contribution in [0, 0.1) is 4.77 Å². The van der Waals surface area contributed by atoms with Crippen LogP contribution < -0.4 is 5.56 Å². The summed E-state index contributed by atoms with van der Waals surface area (Å²) in [7, 11) is -1.22. The van der Waals surface area contributed by atoms with E-state index in [1.165, 1.54) is 38.4 Å². The van der Waals surface area contributed by atoms with Crippen molar-refractivity contribution in [3.8, 4) is 5.69 Å². The standard InChI is InChI=1S/C17H14F3N3O3S2/c1-22(2)28(25,26)14-6-4-3-5-13(14)23-15(24)11-8-7-10(17(18,19)20)9-12(11)21-16(23)27/h3-9H,1-2H3,(H,21,27). The van der Waals surface area contributed by atoms with Crippen LogP contribution in [0.15, 0.2) is 52.2 Å². The number of alkyl halides is 3. The molecule has 3 aromatic rings. The highest BCUT2D eigenvalue weighted by atomic mass is 32.2. The SMILES string of the molecule is CN(C)S(=O)(=O)c1ccccc1-n1c(=S)[nH]c2cc(C(F)(F)F)ccc2c1=O. The Morgan fingerprint density at radius 2 is 1.75 bits per heavy atom. The molecule has 0 aliphatic rings. The Kier molecular flexibility index (Phi) is 4.94. The van der Waals surface area contributed by atoms with Gasteiger partial charge in [0.2, 0.25) is 10.0 Å². The number of aromatic amines is 1. The fourth-order valence-corrected chi connectivity index (χ4v) is 4.03. The van der Waals surface area contributed by atoms with Crippen LogP contribution >= 0.6 is 12.2 Å². The quantitative estimate of drug-likeness (QED) is 0.649. The highest BCUT2D eigenvalue weighted by Gasteiger charge is 2.31. The summed E-state index contributed by atoms with van der Waals surface area (Å²) in [6.07, 6.45) is -4.58. The molecule has 0 radical (unpaired) electrons. The van der Waals surface area contributed by atoms with E-state index >= 15 is 0 Å². The minimum Gasteiger partial charge on any atom is -0.331 e. The number of fused-ring (bicyclic) bond motifs is 1. The summed E-state index contributed by atoms with van der Waals surface area (Å²) in [6, 6.07) is 8.36. The number of hydrogen-bond donors (Lipinski definition) is 1. The van der Waals surface area contributed by atoms with Crippen molar-refractivity contribution in [1.82, 2.24) is 13.9 Å². The molecule has 0 spiro atoms. The molecular weight excluding hydrogens is 415 g/mol. The zero-order chi connectivity index (χ0) is 20.9. The second-order valence-electron chi connectivity index (χ2n) is 6.08. The maximum Gasteiger partial charge on any atom is 0.416 e. The highest BCUT2D eigenvalue weighted by molar-refractivity contribution is 7.89. The van der Waals surface area contributed by atoms with Crippen LogP contribution in [0.1, 0.15) is 5.56 Å². The Morgan fingerprint density at radius 1 is 1.11 bits per heavy atom. The van der Waals surface area contributed by atoms with Crippen LogP contribution in [0.5, 0.6) is 0 Å². The van der Waals surface area contributed by atoms with Gasteiger partial charge in [0.25, 0.3) is 5.56 Å². The molecule has 0 aliphatic carbocycles. The van der Waals surface area contributed by atoms with E-state index < -0.39 is 27.3 Å². The number of nitrogens with zero attached hydrogens (tertiary/aromatic N) is 2. The largest absolute Gasteiger partial charge is 0.416 e. The van der Waals surface area contributed by atoms with E-state index in [0.717, 1.165) is 27.1 Å². The van der Waals surface area contributed by atoms with Crippen molar-refractivity contribution >= 4 is 33.1 Å². The first-order valence-corrected chi connectivity index (χ1v) is 9.67. The van der Waals surface area contributed by atoms with E-state index in [9.17, 15) is 26.4 Å². The Bertz CT molecular complexity index is 1290. The van der Waals surface area contributed by atoms with Gasteiger partial charge in [0.1, 0.15) is 4.90 Å². The number of H-pyrrole nitrogens is 1. The summed E-state index contributed by atoms with van der Waals surface area (Å²) < 4.78 is 65.7. The van der Waals surface area contributed by atoms with Crippen molar-refractivity contribution in [2.75, 3.05) is 14.1 Å². The van der Waals surface area contributed by atoms with Crippen molar-refractivity contribution in [2.24, 2.45) is 0 Å². The molecule has 6 nitrogen and oxygen atoms in total. The molecule has 2 aromatic carbocycles. The summed E-state index contributed by atoms with van der Waals surface area (Å²) in [4.78, 5) is 15.4. The summed E-state index contributed by atoms with van der Waals surface area (Å²) in [5, 5.41) is -0.0568. The number of aromatic nitrogens is 2. The van der Waals surface area contributed by atoms with Crippen molar-refractivity contribution < 1.29 is 21.6 Å². The monoisotopic (exact) mass is 429 g/mol. The Hall–Kier alpha value is -2.50. The number of para-hydroxylation sites is 1. The van der Waals surface area contributed by atoms with Crippen LogP contribution in [0.2, 0.25) is 0 Å². The molecule has 3 rings (SSSR count). The zero-order valence-electron chi connectivity index (χ0n) is 14.6. The molecule has 1 heterocycles. The van der Waals surface area contributed by atoms with Gasteiger partial charge < -0.3 is 4.98 Å². The third-order valence-electron chi connectivity index (χ3n) is 4.09. The zero-order valence-corrected chi connectivity index (χ0v) is 16.2. The molecular formula is C17H14F3N3O3S2. The Labute approximate surface area is 162 Å². The Balaban J connectivity index is 2.36. The lowest BCUT2D eigenvalue weighted by atomic mass is 10.1. The lowest BCUT2D eigenvalue weighted by Crippen LogP contribution is -2.27. The minimum atomic E-state index is -4.58. The van der Waals surface area contributed by atoms with E-state index in [1.807, 2.05) is 0 Å². The van der Waals surface area contributed by atoms with E-state index in [1.54, 1.807) is 0 Å². The van der Waals surface area contributed by atoms with E-state index in [0.29, 0.717) is 0 Å². The summed E-state index contributed by atoms with van der Waals surface area (Å²) in [5.41, 5.74) is -1.74. The van der Waals surface area contributed by atoms with Crippen molar-refractivity contribution in [3.05, 3.63) is 63.2 Å². The van der Waals surface area contributed by atoms with Crippen LogP contribution in [-0.4, -0.2) is 36.4 Å². The van der Waals surface area contributed by atoms with Crippen LogP contribution in [0.3, 0.4) is 0 Å². The van der Waals surface area contributed by atoms with E-state index in [4.69, 9.17) is 12.2 Å². The summed E-state index contributed by atoms with van der Waals surface area (Å²) >= 11 is 5.15. The smallest absolute Gasteiger partial charge is 0.331 e. The molecule has 0 bridgehead atoms. The van der Waals surface area contributed by atoms with Crippen LogP contribution in [-0.2, 0) is 16.2 Å². The highest BCUT2D eigenvalue weighted by Crippen LogP contribution is 2.30. The number of sulfonamides is 1. The number of benzene rings is 2. The molecule has 0 unspecified atom stereocenters. The molecule has 11 heteroatoms. The van der Waals surface area contributed by atoms with Crippen LogP contribution in [0.4, 0.5) is 13.2 Å². The third-order valence-corrected chi connectivity index (χ3v) is 6.24. The second-order valence-corrected chi connectivity index (χ2v) is 8.59. The van der Waals surface area contributed by atoms with E-state index in [2.05, 4.69) is 4.98 Å². The molecule has 28 heavy (non-hydrogen) atoms. The van der Waals surface area contributed by atoms with Gasteiger partial charge in [0.15, 0.2) is 4.77 Å².